The highest BCUT2D eigenvalue weighted by molar-refractivity contribution is 5.95. The molecule has 0 radical (unpaired) electrons. The first-order valence-corrected chi connectivity index (χ1v) is 7.47. The average molecular weight is 340 g/mol. The molecule has 3 aromatic rings. The summed E-state index contributed by atoms with van der Waals surface area (Å²) in [6.45, 7) is -0.454. The average Bonchev–Trinajstić information content (AvgIpc) is 2.62. The first kappa shape index (κ1) is 16.5. The lowest BCUT2D eigenvalue weighted by molar-refractivity contribution is -0.139. The van der Waals surface area contributed by atoms with Gasteiger partial charge in [-0.25, -0.2) is 4.79 Å². The van der Waals surface area contributed by atoms with E-state index in [9.17, 15) is 9.59 Å². The van der Waals surface area contributed by atoms with E-state index in [2.05, 4.69) is 4.98 Å². The van der Waals surface area contributed by atoms with E-state index >= 15 is 0 Å². The number of carbonyl (C=O) groups is 1. The number of aliphatic carboxylic acids is 1. The summed E-state index contributed by atoms with van der Waals surface area (Å²) in [5.74, 6) is -0.176. The second-order valence-electron chi connectivity index (χ2n) is 5.46. The number of benzene rings is 1. The summed E-state index contributed by atoms with van der Waals surface area (Å²) in [4.78, 5) is 27.0. The number of hydrogen-bond acceptors (Lipinski definition) is 5. The van der Waals surface area contributed by atoms with Gasteiger partial charge in [-0.1, -0.05) is 0 Å². The summed E-state index contributed by atoms with van der Waals surface area (Å²) in [6, 6.07) is 6.89. The minimum Gasteiger partial charge on any atom is -0.497 e. The fourth-order valence-corrected chi connectivity index (χ4v) is 2.62. The maximum atomic E-state index is 12.3. The Morgan fingerprint density at radius 1 is 1.24 bits per heavy atom. The molecule has 0 amide bonds. The SMILES string of the molecule is COc1cc(OCC(=O)O)cc(-c2cn(C)c(=O)c3cnccc23)c1. The number of hydrogen-bond donors (Lipinski definition) is 1. The van der Waals surface area contributed by atoms with E-state index in [-0.39, 0.29) is 5.56 Å². The Kier molecular flexibility index (Phi) is 4.38. The van der Waals surface area contributed by atoms with E-state index in [1.54, 1.807) is 43.7 Å². The molecule has 0 saturated heterocycles. The smallest absolute Gasteiger partial charge is 0.341 e. The van der Waals surface area contributed by atoms with E-state index in [1.807, 2.05) is 0 Å². The third kappa shape index (κ3) is 3.30. The van der Waals surface area contributed by atoms with Crippen molar-refractivity contribution >= 4 is 16.7 Å². The molecule has 0 spiro atoms. The molecule has 7 nitrogen and oxygen atoms in total. The van der Waals surface area contributed by atoms with E-state index in [4.69, 9.17) is 14.6 Å². The number of methoxy groups -OCH3 is 1. The van der Waals surface area contributed by atoms with Crippen molar-refractivity contribution in [3.05, 3.63) is 53.2 Å². The number of carboxylic acid groups (broad SMARTS) is 1. The van der Waals surface area contributed by atoms with Crippen LogP contribution in [-0.4, -0.2) is 34.3 Å². The number of aryl methyl sites for hydroxylation is 1. The molecule has 1 N–H and O–H groups in total. The molecule has 128 valence electrons. The van der Waals surface area contributed by atoms with Crippen molar-refractivity contribution < 1.29 is 19.4 Å². The van der Waals surface area contributed by atoms with Crippen molar-refractivity contribution in [2.45, 2.75) is 0 Å². The van der Waals surface area contributed by atoms with Gasteiger partial charge in [-0.2, -0.15) is 0 Å². The summed E-state index contributed by atoms with van der Waals surface area (Å²) < 4.78 is 12.0. The number of rotatable bonds is 5. The van der Waals surface area contributed by atoms with Crippen LogP contribution in [0.4, 0.5) is 0 Å². The standard InChI is InChI=1S/C18H16N2O5/c1-20-9-16(14-3-4-19-8-15(14)18(20)23)11-5-12(24-2)7-13(6-11)25-10-17(21)22/h3-9H,10H2,1-2H3,(H,21,22). The van der Waals surface area contributed by atoms with Crippen LogP contribution < -0.4 is 15.0 Å². The lowest BCUT2D eigenvalue weighted by atomic mass is 10.0. The Bertz CT molecular complexity index is 1010. The van der Waals surface area contributed by atoms with Gasteiger partial charge in [0.2, 0.25) is 0 Å². The Morgan fingerprint density at radius 2 is 2.00 bits per heavy atom. The van der Waals surface area contributed by atoms with Gasteiger partial charge in [0.15, 0.2) is 6.61 Å². The Hall–Kier alpha value is -3.35. The Labute approximate surface area is 143 Å². The molecule has 2 heterocycles. The number of nitrogens with zero attached hydrogens (tertiary/aromatic N) is 2. The van der Waals surface area contributed by atoms with Crippen molar-refractivity contribution in [3.8, 4) is 22.6 Å². The van der Waals surface area contributed by atoms with Gasteiger partial charge in [0, 0.05) is 37.3 Å². The van der Waals surface area contributed by atoms with Crippen LogP contribution in [0.3, 0.4) is 0 Å². The van der Waals surface area contributed by atoms with E-state index in [0.29, 0.717) is 16.9 Å². The van der Waals surface area contributed by atoms with Gasteiger partial charge in [0.1, 0.15) is 11.5 Å². The molecule has 3 rings (SSSR count). The van der Waals surface area contributed by atoms with Gasteiger partial charge >= 0.3 is 5.97 Å². The highest BCUT2D eigenvalue weighted by atomic mass is 16.5. The van der Waals surface area contributed by atoms with Crippen LogP contribution in [0.2, 0.25) is 0 Å². The third-order valence-corrected chi connectivity index (χ3v) is 3.77. The lowest BCUT2D eigenvalue weighted by Crippen LogP contribution is -2.16. The Morgan fingerprint density at radius 3 is 2.72 bits per heavy atom. The van der Waals surface area contributed by atoms with Crippen LogP contribution in [0, 0.1) is 0 Å². The van der Waals surface area contributed by atoms with Crippen LogP contribution in [0.15, 0.2) is 47.7 Å². The first-order valence-electron chi connectivity index (χ1n) is 7.47. The largest absolute Gasteiger partial charge is 0.497 e. The monoisotopic (exact) mass is 340 g/mol. The van der Waals surface area contributed by atoms with Crippen molar-refractivity contribution in [3.63, 3.8) is 0 Å². The van der Waals surface area contributed by atoms with Crippen molar-refractivity contribution in [2.24, 2.45) is 7.05 Å². The molecule has 0 aliphatic rings. The number of carboxylic acids is 1. The summed E-state index contributed by atoms with van der Waals surface area (Å²) in [5, 5.41) is 10.0. The van der Waals surface area contributed by atoms with Gasteiger partial charge in [0.25, 0.3) is 5.56 Å². The highest BCUT2D eigenvalue weighted by Crippen LogP contribution is 2.33. The van der Waals surface area contributed by atoms with E-state index in [1.165, 1.54) is 17.9 Å². The molecular weight excluding hydrogens is 324 g/mol. The number of aromatic nitrogens is 2. The van der Waals surface area contributed by atoms with Gasteiger partial charge in [-0.15, -0.1) is 0 Å². The fourth-order valence-electron chi connectivity index (χ4n) is 2.62. The molecular formula is C18H16N2O5. The second kappa shape index (κ2) is 6.64. The minimum absolute atomic E-state index is 0.142. The number of pyridine rings is 2. The second-order valence-corrected chi connectivity index (χ2v) is 5.46. The molecule has 7 heteroatoms. The van der Waals surface area contributed by atoms with Crippen LogP contribution in [0.25, 0.3) is 21.9 Å². The molecule has 2 aromatic heterocycles. The molecule has 0 aliphatic carbocycles. The van der Waals surface area contributed by atoms with Crippen LogP contribution in [0.1, 0.15) is 0 Å². The van der Waals surface area contributed by atoms with Crippen LogP contribution >= 0.6 is 0 Å². The molecule has 0 bridgehead atoms. The summed E-state index contributed by atoms with van der Waals surface area (Å²) in [7, 11) is 3.18. The third-order valence-electron chi connectivity index (χ3n) is 3.77. The summed E-state index contributed by atoms with van der Waals surface area (Å²) in [6.07, 6.45) is 4.87. The Balaban J connectivity index is 2.20. The van der Waals surface area contributed by atoms with E-state index < -0.39 is 12.6 Å². The molecule has 1 aromatic carbocycles. The fraction of sp³-hybridized carbons (Fsp3) is 0.167. The number of fused-ring (bicyclic) bond motifs is 1. The zero-order valence-electron chi connectivity index (χ0n) is 13.7. The molecule has 0 atom stereocenters. The summed E-state index contributed by atoms with van der Waals surface area (Å²) >= 11 is 0. The first-order chi connectivity index (χ1) is 12.0. The van der Waals surface area contributed by atoms with Gasteiger partial charge < -0.3 is 19.1 Å². The van der Waals surface area contributed by atoms with Crippen LogP contribution in [-0.2, 0) is 11.8 Å². The highest BCUT2D eigenvalue weighted by Gasteiger charge is 2.12. The van der Waals surface area contributed by atoms with Crippen molar-refractivity contribution in [1.82, 2.24) is 9.55 Å². The number of ether oxygens (including phenoxy) is 2. The van der Waals surface area contributed by atoms with Gasteiger partial charge in [0.05, 0.1) is 12.5 Å². The minimum atomic E-state index is -1.07. The van der Waals surface area contributed by atoms with E-state index in [0.717, 1.165) is 16.5 Å². The normalized spacial score (nSPS) is 10.6. The van der Waals surface area contributed by atoms with Gasteiger partial charge in [-0.05, 0) is 29.1 Å². The molecule has 0 fully saturated rings. The molecule has 0 saturated carbocycles. The molecule has 0 unspecified atom stereocenters. The summed E-state index contributed by atoms with van der Waals surface area (Å²) in [5.41, 5.74) is 1.39. The van der Waals surface area contributed by atoms with Gasteiger partial charge in [-0.3, -0.25) is 9.78 Å². The predicted octanol–water partition coefficient (Wildman–Crippen LogP) is 2.07. The molecule has 25 heavy (non-hydrogen) atoms. The predicted molar refractivity (Wildman–Crippen MR) is 92.1 cm³/mol. The maximum Gasteiger partial charge on any atom is 0.341 e. The van der Waals surface area contributed by atoms with Crippen LogP contribution in [0.5, 0.6) is 11.5 Å². The van der Waals surface area contributed by atoms with Crippen molar-refractivity contribution in [1.29, 1.82) is 0 Å². The quantitative estimate of drug-likeness (QED) is 0.765. The zero-order chi connectivity index (χ0) is 18.0. The maximum absolute atomic E-state index is 12.3. The zero-order valence-corrected chi connectivity index (χ0v) is 13.7. The van der Waals surface area contributed by atoms with Crippen molar-refractivity contribution in [2.75, 3.05) is 13.7 Å². The lowest BCUT2D eigenvalue weighted by Gasteiger charge is -2.13. The topological polar surface area (TPSA) is 90.7 Å². The molecule has 0 aliphatic heterocycles.